The topological polar surface area (TPSA) is 0 Å². The van der Waals surface area contributed by atoms with Gasteiger partial charge in [0.15, 0.2) is 6.17 Å². The maximum absolute atomic E-state index is 13.4. The Morgan fingerprint density at radius 3 is 2.21 bits per heavy atom. The van der Waals surface area contributed by atoms with Gasteiger partial charge in [0.05, 0.1) is 0 Å². The molecule has 1 aromatic carbocycles. The lowest BCUT2D eigenvalue weighted by atomic mass is 10.0. The van der Waals surface area contributed by atoms with Crippen molar-refractivity contribution in [2.45, 2.75) is 25.2 Å². The predicted octanol–water partition coefficient (Wildman–Crippen LogP) is 5.58. The zero-order chi connectivity index (χ0) is 14.8. The van der Waals surface area contributed by atoms with Crippen LogP contribution in [-0.2, 0) is 0 Å². The van der Waals surface area contributed by atoms with Crippen molar-refractivity contribution >= 4 is 17.7 Å². The van der Waals surface area contributed by atoms with Crippen molar-refractivity contribution in [2.75, 3.05) is 0 Å². The van der Waals surface area contributed by atoms with Crippen molar-refractivity contribution < 1.29 is 26.3 Å². The summed E-state index contributed by atoms with van der Waals surface area (Å²) in [5, 5.41) is 0.129. The Labute approximate surface area is 110 Å². The molecule has 0 aliphatic carbocycles. The molecule has 0 aliphatic rings. The largest absolute Gasteiger partial charge is 0.456 e. The van der Waals surface area contributed by atoms with E-state index in [-0.39, 0.29) is 10.6 Å². The average molecular weight is 303 g/mol. The first-order chi connectivity index (χ1) is 8.61. The van der Waals surface area contributed by atoms with Crippen LogP contribution in [0, 0.1) is 0 Å². The zero-order valence-corrected chi connectivity index (χ0v) is 10.4. The third kappa shape index (κ3) is 3.23. The summed E-state index contributed by atoms with van der Waals surface area (Å²) < 4.78 is 75.4. The highest BCUT2D eigenvalue weighted by molar-refractivity contribution is 6.32. The second kappa shape index (κ2) is 5.45. The van der Waals surface area contributed by atoms with Gasteiger partial charge in [-0.1, -0.05) is 29.8 Å². The van der Waals surface area contributed by atoms with Gasteiger partial charge < -0.3 is 0 Å². The van der Waals surface area contributed by atoms with Gasteiger partial charge in [0.1, 0.15) is 0 Å². The van der Waals surface area contributed by atoms with Gasteiger partial charge in [-0.15, -0.1) is 0 Å². The summed E-state index contributed by atoms with van der Waals surface area (Å²) in [5.41, 5.74) is -0.609. The SMILES string of the molecule is CC=Cc1cc(C(F)C(F)(F)C(F)(F)F)ccc1Cl. The fourth-order valence-corrected chi connectivity index (χ4v) is 1.56. The molecule has 106 valence electrons. The van der Waals surface area contributed by atoms with Crippen molar-refractivity contribution in [3.63, 3.8) is 0 Å². The van der Waals surface area contributed by atoms with E-state index >= 15 is 0 Å². The predicted molar refractivity (Wildman–Crippen MR) is 61.0 cm³/mol. The van der Waals surface area contributed by atoms with E-state index in [1.165, 1.54) is 12.2 Å². The Morgan fingerprint density at radius 1 is 1.16 bits per heavy atom. The Bertz CT molecular complexity index is 478. The number of rotatable bonds is 3. The van der Waals surface area contributed by atoms with E-state index in [0.29, 0.717) is 0 Å². The molecule has 0 radical (unpaired) electrons. The van der Waals surface area contributed by atoms with Crippen molar-refractivity contribution in [1.82, 2.24) is 0 Å². The Morgan fingerprint density at radius 2 is 1.74 bits per heavy atom. The normalized spacial score (nSPS) is 14.9. The molecule has 1 atom stereocenters. The number of hydrogen-bond acceptors (Lipinski definition) is 0. The summed E-state index contributed by atoms with van der Waals surface area (Å²) in [4.78, 5) is 0. The summed E-state index contributed by atoms with van der Waals surface area (Å²) in [6, 6.07) is 2.75. The van der Waals surface area contributed by atoms with Crippen LogP contribution in [0.2, 0.25) is 5.02 Å². The van der Waals surface area contributed by atoms with Crippen molar-refractivity contribution in [2.24, 2.45) is 0 Å². The minimum Gasteiger partial charge on any atom is -0.235 e. The fraction of sp³-hybridized carbons (Fsp3) is 0.333. The standard InChI is InChI=1S/C12H9ClF6/c1-2-3-7-6-8(4-5-9(7)13)10(14)11(15,16)12(17,18)19/h2-6,10H,1H3. The smallest absolute Gasteiger partial charge is 0.235 e. The number of alkyl halides is 6. The molecule has 1 unspecified atom stereocenters. The lowest BCUT2D eigenvalue weighted by Crippen LogP contribution is -2.40. The molecule has 0 saturated carbocycles. The quantitative estimate of drug-likeness (QED) is 0.639. The number of allylic oxidation sites excluding steroid dienone is 1. The molecule has 1 aromatic rings. The van der Waals surface area contributed by atoms with Crippen molar-refractivity contribution in [3.8, 4) is 0 Å². The van der Waals surface area contributed by atoms with Gasteiger partial charge >= 0.3 is 12.1 Å². The Hall–Kier alpha value is -1.17. The number of benzene rings is 1. The number of hydrogen-bond donors (Lipinski definition) is 0. The first-order valence-corrected chi connectivity index (χ1v) is 5.49. The molecule has 1 rings (SSSR count). The molecule has 0 amide bonds. The van der Waals surface area contributed by atoms with Crippen LogP contribution in [0.3, 0.4) is 0 Å². The molecule has 7 heteroatoms. The fourth-order valence-electron chi connectivity index (χ4n) is 1.38. The van der Waals surface area contributed by atoms with Gasteiger partial charge in [0.2, 0.25) is 0 Å². The third-order valence-corrected chi connectivity index (χ3v) is 2.70. The molecule has 0 spiro atoms. The third-order valence-electron chi connectivity index (χ3n) is 2.36. The second-order valence-corrected chi connectivity index (χ2v) is 4.17. The lowest BCUT2D eigenvalue weighted by Gasteiger charge is -2.23. The maximum atomic E-state index is 13.4. The van der Waals surface area contributed by atoms with Gasteiger partial charge in [0.25, 0.3) is 0 Å². The van der Waals surface area contributed by atoms with Gasteiger partial charge in [-0.2, -0.15) is 22.0 Å². The molecule has 0 aliphatic heterocycles. The highest BCUT2D eigenvalue weighted by Gasteiger charge is 2.63. The van der Waals surface area contributed by atoms with E-state index < -0.39 is 23.8 Å². The van der Waals surface area contributed by atoms with Crippen LogP contribution < -0.4 is 0 Å². The van der Waals surface area contributed by atoms with Crippen molar-refractivity contribution in [1.29, 1.82) is 0 Å². The number of halogens is 7. The molecule has 19 heavy (non-hydrogen) atoms. The van der Waals surface area contributed by atoms with Crippen LogP contribution in [0.5, 0.6) is 0 Å². The average Bonchev–Trinajstić information content (AvgIpc) is 2.30. The van der Waals surface area contributed by atoms with E-state index in [2.05, 4.69) is 0 Å². The second-order valence-electron chi connectivity index (χ2n) is 3.76. The maximum Gasteiger partial charge on any atom is 0.456 e. The van der Waals surface area contributed by atoms with Gasteiger partial charge in [-0.05, 0) is 30.2 Å². The minimum atomic E-state index is -5.95. The van der Waals surface area contributed by atoms with Crippen LogP contribution >= 0.6 is 11.6 Å². The minimum absolute atomic E-state index is 0.129. The molecular weight excluding hydrogens is 294 g/mol. The van der Waals surface area contributed by atoms with Crippen LogP contribution in [-0.4, -0.2) is 12.1 Å². The molecule has 0 saturated heterocycles. The van der Waals surface area contributed by atoms with E-state index in [9.17, 15) is 26.3 Å². The van der Waals surface area contributed by atoms with Crippen LogP contribution in [0.25, 0.3) is 6.08 Å². The summed E-state index contributed by atoms with van der Waals surface area (Å²) in [5.74, 6) is -5.45. The van der Waals surface area contributed by atoms with Crippen LogP contribution in [0.15, 0.2) is 24.3 Å². The molecule has 0 nitrogen and oxygen atoms in total. The first kappa shape index (κ1) is 15.9. The van der Waals surface area contributed by atoms with Gasteiger partial charge in [0, 0.05) is 5.02 Å². The molecular formula is C12H9ClF6. The summed E-state index contributed by atoms with van der Waals surface area (Å²) >= 11 is 5.70. The molecule has 0 N–H and O–H groups in total. The summed E-state index contributed by atoms with van der Waals surface area (Å²) in [7, 11) is 0. The Balaban J connectivity index is 3.20. The molecule has 0 bridgehead atoms. The van der Waals surface area contributed by atoms with E-state index in [4.69, 9.17) is 11.6 Å². The van der Waals surface area contributed by atoms with Crippen molar-refractivity contribution in [3.05, 3.63) is 40.4 Å². The summed E-state index contributed by atoms with van der Waals surface area (Å²) in [6.07, 6.45) is -6.55. The molecule has 0 heterocycles. The Kier molecular flexibility index (Phi) is 4.55. The zero-order valence-electron chi connectivity index (χ0n) is 9.61. The van der Waals surface area contributed by atoms with Gasteiger partial charge in [-0.3, -0.25) is 0 Å². The van der Waals surface area contributed by atoms with Crippen LogP contribution in [0.4, 0.5) is 26.3 Å². The van der Waals surface area contributed by atoms with E-state index in [1.54, 1.807) is 6.92 Å². The monoisotopic (exact) mass is 302 g/mol. The molecule has 0 aromatic heterocycles. The van der Waals surface area contributed by atoms with Crippen LogP contribution in [0.1, 0.15) is 24.2 Å². The van der Waals surface area contributed by atoms with Gasteiger partial charge in [-0.25, -0.2) is 4.39 Å². The molecule has 0 fully saturated rings. The van der Waals surface area contributed by atoms with E-state index in [0.717, 1.165) is 18.2 Å². The highest BCUT2D eigenvalue weighted by Crippen LogP contribution is 2.46. The van der Waals surface area contributed by atoms with E-state index in [1.807, 2.05) is 0 Å². The lowest BCUT2D eigenvalue weighted by molar-refractivity contribution is -0.305. The summed E-state index contributed by atoms with van der Waals surface area (Å²) in [6.45, 7) is 1.60. The highest BCUT2D eigenvalue weighted by atomic mass is 35.5. The first-order valence-electron chi connectivity index (χ1n) is 5.12.